The number of urea groups is 1. The second-order valence-corrected chi connectivity index (χ2v) is 9.57. The molecule has 2 saturated heterocycles. The van der Waals surface area contributed by atoms with Gasteiger partial charge in [0.15, 0.2) is 0 Å². The number of aliphatic hydroxyl groups is 1. The van der Waals surface area contributed by atoms with Crippen LogP contribution in [0.1, 0.15) is 25.3 Å². The largest absolute Gasteiger partial charge is 0.497 e. The average Bonchev–Trinajstić information content (AvgIpc) is 3.02. The maximum Gasteiger partial charge on any atom is 0.325 e. The molecule has 2 heterocycles. The predicted octanol–water partition coefficient (Wildman–Crippen LogP) is 4.12. The first-order chi connectivity index (χ1) is 14.9. The van der Waals surface area contributed by atoms with E-state index in [4.69, 9.17) is 4.74 Å². The molecule has 2 aliphatic rings. The van der Waals surface area contributed by atoms with Gasteiger partial charge in [-0.3, -0.25) is 4.90 Å². The van der Waals surface area contributed by atoms with Gasteiger partial charge in [0.1, 0.15) is 5.75 Å². The number of aliphatic hydroxyl groups excluding tert-OH is 1. The van der Waals surface area contributed by atoms with E-state index in [2.05, 4.69) is 25.7 Å². The quantitative estimate of drug-likeness (QED) is 0.665. The molecule has 0 aliphatic carbocycles. The van der Waals surface area contributed by atoms with E-state index >= 15 is 0 Å². The zero-order chi connectivity index (χ0) is 22.0. The van der Waals surface area contributed by atoms with Crippen LogP contribution in [0.5, 0.6) is 5.75 Å². The highest BCUT2D eigenvalue weighted by atomic mass is 79.9. The molecule has 2 aromatic carbocycles. The number of β-amino-alcohol motifs (C(OH)–C–C–N with tert-alkyl or cyclic N) is 1. The molecule has 2 fully saturated rings. The summed E-state index contributed by atoms with van der Waals surface area (Å²) in [5.74, 6) is 0.801. The van der Waals surface area contributed by atoms with E-state index in [1.807, 2.05) is 60.4 Å². The van der Waals surface area contributed by atoms with Gasteiger partial charge in [0, 0.05) is 36.3 Å². The van der Waals surface area contributed by atoms with Gasteiger partial charge in [-0.25, -0.2) is 4.79 Å². The molecule has 0 saturated carbocycles. The summed E-state index contributed by atoms with van der Waals surface area (Å²) in [4.78, 5) is 19.9. The lowest BCUT2D eigenvalue weighted by molar-refractivity contribution is 0.0488. The maximum atomic E-state index is 13.6. The standard InChI is InChI=1S/C24H30BrN3O3/c1-18(29)15-26-12-10-24(11-13-26)17-27(21-8-6-20(25)7-9-21)23(30)28(24)16-19-4-3-5-22(14-19)31-2/h3-9,14,18,29H,10-13,15-17H2,1-2H3. The molecule has 1 spiro atoms. The molecule has 31 heavy (non-hydrogen) atoms. The number of rotatable bonds is 6. The number of anilines is 1. The third kappa shape index (κ3) is 4.73. The molecule has 0 bridgehead atoms. The van der Waals surface area contributed by atoms with Gasteiger partial charge >= 0.3 is 6.03 Å². The first kappa shape index (κ1) is 22.1. The van der Waals surface area contributed by atoms with Crippen molar-refractivity contribution in [3.05, 3.63) is 58.6 Å². The van der Waals surface area contributed by atoms with Crippen molar-refractivity contribution >= 4 is 27.6 Å². The van der Waals surface area contributed by atoms with Crippen LogP contribution in [-0.4, -0.2) is 65.9 Å². The lowest BCUT2D eigenvalue weighted by atomic mass is 9.86. The molecule has 0 aromatic heterocycles. The fourth-order valence-corrected chi connectivity index (χ4v) is 5.03. The van der Waals surface area contributed by atoms with Crippen LogP contribution in [0, 0.1) is 0 Å². The van der Waals surface area contributed by atoms with E-state index in [9.17, 15) is 9.90 Å². The third-order valence-corrected chi connectivity index (χ3v) is 6.94. The molecule has 1 atom stereocenters. The van der Waals surface area contributed by atoms with Crippen LogP contribution in [0.3, 0.4) is 0 Å². The Hall–Kier alpha value is -2.09. The zero-order valence-corrected chi connectivity index (χ0v) is 19.7. The number of halogens is 1. The summed E-state index contributed by atoms with van der Waals surface area (Å²) in [5.41, 5.74) is 1.77. The molecule has 7 heteroatoms. The Balaban J connectivity index is 1.61. The summed E-state index contributed by atoms with van der Waals surface area (Å²) in [5, 5.41) is 9.78. The predicted molar refractivity (Wildman–Crippen MR) is 126 cm³/mol. The van der Waals surface area contributed by atoms with Crippen molar-refractivity contribution in [2.75, 3.05) is 38.2 Å². The summed E-state index contributed by atoms with van der Waals surface area (Å²) in [6.07, 6.45) is 1.44. The summed E-state index contributed by atoms with van der Waals surface area (Å²) in [6, 6.07) is 15.9. The van der Waals surface area contributed by atoms with E-state index in [1.54, 1.807) is 7.11 Å². The number of likely N-dealkylation sites (tertiary alicyclic amines) is 1. The summed E-state index contributed by atoms with van der Waals surface area (Å²) in [7, 11) is 1.66. The highest BCUT2D eigenvalue weighted by Gasteiger charge is 2.51. The number of methoxy groups -OCH3 is 1. The fraction of sp³-hybridized carbons (Fsp3) is 0.458. The number of carbonyl (C=O) groups excluding carboxylic acids is 1. The third-order valence-electron chi connectivity index (χ3n) is 6.41. The Labute approximate surface area is 192 Å². The summed E-state index contributed by atoms with van der Waals surface area (Å²) >= 11 is 3.48. The maximum absolute atomic E-state index is 13.6. The summed E-state index contributed by atoms with van der Waals surface area (Å²) in [6.45, 7) is 5.49. The van der Waals surface area contributed by atoms with Crippen LogP contribution in [0.4, 0.5) is 10.5 Å². The highest BCUT2D eigenvalue weighted by molar-refractivity contribution is 9.10. The Morgan fingerprint density at radius 2 is 1.87 bits per heavy atom. The number of carbonyl (C=O) groups is 1. The van der Waals surface area contributed by atoms with E-state index in [0.29, 0.717) is 19.6 Å². The topological polar surface area (TPSA) is 56.2 Å². The number of hydrogen-bond donors (Lipinski definition) is 1. The van der Waals surface area contributed by atoms with Crippen LogP contribution in [0.15, 0.2) is 53.0 Å². The Morgan fingerprint density at radius 3 is 2.52 bits per heavy atom. The minimum atomic E-state index is -0.341. The van der Waals surface area contributed by atoms with E-state index < -0.39 is 0 Å². The molecule has 166 valence electrons. The number of hydrogen-bond acceptors (Lipinski definition) is 4. The molecular formula is C24H30BrN3O3. The van der Waals surface area contributed by atoms with Crippen LogP contribution < -0.4 is 9.64 Å². The number of piperidine rings is 1. The van der Waals surface area contributed by atoms with E-state index in [1.165, 1.54) is 0 Å². The van der Waals surface area contributed by atoms with Crippen LogP contribution in [0.2, 0.25) is 0 Å². The van der Waals surface area contributed by atoms with Crippen LogP contribution in [0.25, 0.3) is 0 Å². The van der Waals surface area contributed by atoms with Crippen LogP contribution >= 0.6 is 15.9 Å². The first-order valence-corrected chi connectivity index (χ1v) is 11.6. The second kappa shape index (κ2) is 9.18. The fourth-order valence-electron chi connectivity index (χ4n) is 4.76. The van der Waals surface area contributed by atoms with Crippen molar-refractivity contribution in [3.63, 3.8) is 0 Å². The van der Waals surface area contributed by atoms with Crippen LogP contribution in [-0.2, 0) is 6.54 Å². The number of benzene rings is 2. The van der Waals surface area contributed by atoms with Gasteiger partial charge in [0.2, 0.25) is 0 Å². The lowest BCUT2D eigenvalue weighted by Gasteiger charge is -2.44. The van der Waals surface area contributed by atoms with Gasteiger partial charge in [0.25, 0.3) is 0 Å². The zero-order valence-electron chi connectivity index (χ0n) is 18.1. The van der Waals surface area contributed by atoms with Gasteiger partial charge < -0.3 is 19.6 Å². The van der Waals surface area contributed by atoms with Gasteiger partial charge in [-0.1, -0.05) is 28.1 Å². The van der Waals surface area contributed by atoms with Crippen molar-refractivity contribution in [3.8, 4) is 5.75 Å². The highest BCUT2D eigenvalue weighted by Crippen LogP contribution is 2.39. The molecule has 0 radical (unpaired) electrons. The Bertz CT molecular complexity index is 911. The smallest absolute Gasteiger partial charge is 0.325 e. The Morgan fingerprint density at radius 1 is 1.16 bits per heavy atom. The Kier molecular flexibility index (Phi) is 6.55. The SMILES string of the molecule is COc1cccc(CN2C(=O)N(c3ccc(Br)cc3)CC23CCN(CC(C)O)CC3)c1. The molecule has 2 amide bonds. The number of amides is 2. The molecular weight excluding hydrogens is 458 g/mol. The van der Waals surface area contributed by atoms with Crippen molar-refractivity contribution in [2.45, 2.75) is 38.0 Å². The van der Waals surface area contributed by atoms with Gasteiger partial charge in [-0.05, 0) is 61.7 Å². The first-order valence-electron chi connectivity index (χ1n) is 10.8. The second-order valence-electron chi connectivity index (χ2n) is 8.66. The monoisotopic (exact) mass is 487 g/mol. The summed E-state index contributed by atoms with van der Waals surface area (Å²) < 4.78 is 6.38. The lowest BCUT2D eigenvalue weighted by Crippen LogP contribution is -2.54. The molecule has 1 N–H and O–H groups in total. The normalized spacial score (nSPS) is 19.8. The van der Waals surface area contributed by atoms with Crippen molar-refractivity contribution in [1.82, 2.24) is 9.80 Å². The molecule has 2 aromatic rings. The van der Waals surface area contributed by atoms with Gasteiger partial charge in [0.05, 0.1) is 25.3 Å². The minimum absolute atomic E-state index is 0.0501. The minimum Gasteiger partial charge on any atom is -0.497 e. The van der Waals surface area contributed by atoms with Crippen molar-refractivity contribution in [1.29, 1.82) is 0 Å². The number of nitrogens with zero attached hydrogens (tertiary/aromatic N) is 3. The van der Waals surface area contributed by atoms with Crippen molar-refractivity contribution < 1.29 is 14.6 Å². The molecule has 1 unspecified atom stereocenters. The van der Waals surface area contributed by atoms with Gasteiger partial charge in [-0.2, -0.15) is 0 Å². The van der Waals surface area contributed by atoms with Crippen molar-refractivity contribution in [2.24, 2.45) is 0 Å². The number of ether oxygens (including phenoxy) is 1. The average molecular weight is 488 g/mol. The van der Waals surface area contributed by atoms with Gasteiger partial charge in [-0.15, -0.1) is 0 Å². The molecule has 2 aliphatic heterocycles. The van der Waals surface area contributed by atoms with E-state index in [-0.39, 0.29) is 17.7 Å². The van der Waals surface area contributed by atoms with E-state index in [0.717, 1.165) is 47.4 Å². The molecule has 4 rings (SSSR count). The molecule has 6 nitrogen and oxygen atoms in total.